The van der Waals surface area contributed by atoms with Crippen LogP contribution in [0.5, 0.6) is 5.75 Å². The lowest BCUT2D eigenvalue weighted by atomic mass is 9.97. The fourth-order valence-corrected chi connectivity index (χ4v) is 6.31. The summed E-state index contributed by atoms with van der Waals surface area (Å²) < 4.78 is 6.80. The van der Waals surface area contributed by atoms with Crippen LogP contribution in [0.15, 0.2) is 48.7 Å². The van der Waals surface area contributed by atoms with Crippen LogP contribution in [0.3, 0.4) is 0 Å². The highest BCUT2D eigenvalue weighted by molar-refractivity contribution is 6.13. The second kappa shape index (κ2) is 14.8. The van der Waals surface area contributed by atoms with Crippen molar-refractivity contribution in [3.8, 4) is 5.75 Å². The number of ether oxygens (including phenoxy) is 1. The number of carbonyl (C=O) groups excluding carboxylic acids is 4. The number of unbranched alkanes of at least 4 members (excludes halogenated alkanes) is 3. The van der Waals surface area contributed by atoms with E-state index in [9.17, 15) is 19.2 Å². The number of halogens is 1. The molecule has 250 valence electrons. The fourth-order valence-electron chi connectivity index (χ4n) is 6.18. The summed E-state index contributed by atoms with van der Waals surface area (Å²) in [7, 11) is 0. The summed E-state index contributed by atoms with van der Waals surface area (Å²) in [5, 5.41) is 16.0. The Morgan fingerprint density at radius 1 is 1.00 bits per heavy atom. The first-order valence-corrected chi connectivity index (χ1v) is 16.4. The number of nitrogens with one attached hydrogen (secondary N) is 5. The lowest BCUT2D eigenvalue weighted by Crippen LogP contribution is -2.31. The van der Waals surface area contributed by atoms with Crippen LogP contribution in [-0.4, -0.2) is 57.9 Å². The topological polar surface area (TPSA) is 168 Å². The molecule has 1 aliphatic heterocycles. The monoisotopic (exact) mass is 672 g/mol. The molecule has 0 spiro atoms. The Labute approximate surface area is 282 Å². The van der Waals surface area contributed by atoms with Crippen LogP contribution in [-0.2, 0) is 17.8 Å². The third kappa shape index (κ3) is 7.26. The van der Waals surface area contributed by atoms with E-state index in [1.807, 2.05) is 19.1 Å². The van der Waals surface area contributed by atoms with Gasteiger partial charge in [0.15, 0.2) is 12.3 Å². The summed E-state index contributed by atoms with van der Waals surface area (Å²) in [4.78, 5) is 58.5. The summed E-state index contributed by atoms with van der Waals surface area (Å²) >= 11 is 5.49. The third-order valence-corrected chi connectivity index (χ3v) is 8.87. The number of fused-ring (bicyclic) bond motifs is 3. The van der Waals surface area contributed by atoms with Crippen molar-refractivity contribution < 1.29 is 23.9 Å². The molecule has 1 aliphatic carbocycles. The molecular formula is C34H37ClN8O5. The van der Waals surface area contributed by atoms with Crippen molar-refractivity contribution in [1.29, 1.82) is 0 Å². The van der Waals surface area contributed by atoms with E-state index in [4.69, 9.17) is 16.5 Å². The Bertz CT molecular complexity index is 1880. The second-order valence-electron chi connectivity index (χ2n) is 11.9. The molecule has 6 rings (SSSR count). The maximum Gasteiger partial charge on any atom is 0.270 e. The number of amides is 4. The molecule has 0 unspecified atom stereocenters. The molecule has 1 atom stereocenters. The van der Waals surface area contributed by atoms with Gasteiger partial charge in [0.1, 0.15) is 17.1 Å². The van der Waals surface area contributed by atoms with Gasteiger partial charge in [0, 0.05) is 37.3 Å². The molecule has 0 saturated heterocycles. The Hall–Kier alpha value is -5.01. The van der Waals surface area contributed by atoms with Crippen molar-refractivity contribution in [1.82, 2.24) is 35.4 Å². The van der Waals surface area contributed by atoms with Gasteiger partial charge < -0.3 is 26.0 Å². The van der Waals surface area contributed by atoms with E-state index in [2.05, 4.69) is 36.2 Å². The molecule has 5 N–H and O–H groups in total. The van der Waals surface area contributed by atoms with Crippen molar-refractivity contribution in [2.24, 2.45) is 0 Å². The molecule has 48 heavy (non-hydrogen) atoms. The second-order valence-corrected chi connectivity index (χ2v) is 12.2. The molecule has 0 radical (unpaired) electrons. The van der Waals surface area contributed by atoms with E-state index >= 15 is 0 Å². The average Bonchev–Trinajstić information content (AvgIpc) is 3.73. The van der Waals surface area contributed by atoms with E-state index in [1.54, 1.807) is 24.3 Å². The van der Waals surface area contributed by atoms with E-state index in [1.165, 1.54) is 16.8 Å². The largest absolute Gasteiger partial charge is 0.482 e. The quantitative estimate of drug-likeness (QED) is 0.106. The molecule has 4 aromatic rings. The minimum Gasteiger partial charge on any atom is -0.482 e. The third-order valence-electron chi connectivity index (χ3n) is 8.68. The number of anilines is 1. The normalized spacial score (nSPS) is 14.9. The van der Waals surface area contributed by atoms with Crippen LogP contribution in [0.25, 0.3) is 5.65 Å². The minimum atomic E-state index is -0.470. The highest BCUT2D eigenvalue weighted by atomic mass is 35.5. The number of carbonyl (C=O) groups is 4. The van der Waals surface area contributed by atoms with Gasteiger partial charge >= 0.3 is 0 Å². The van der Waals surface area contributed by atoms with Crippen LogP contribution in [0.4, 0.5) is 5.69 Å². The Morgan fingerprint density at radius 3 is 2.67 bits per heavy atom. The van der Waals surface area contributed by atoms with Crippen molar-refractivity contribution in [3.05, 3.63) is 87.9 Å². The van der Waals surface area contributed by atoms with Crippen LogP contribution < -0.4 is 30.8 Å². The molecule has 3 heterocycles. The van der Waals surface area contributed by atoms with E-state index in [0.717, 1.165) is 60.9 Å². The molecule has 2 aliphatic rings. The van der Waals surface area contributed by atoms with Gasteiger partial charge in [-0.1, -0.05) is 25.0 Å². The number of aromatic nitrogens is 3. The standard InChI is InChI=1S/C34H37ClN8O5/c1-20-22-9-10-25(24(22)8-7-23(20)32(45)36-13-4-2-3-5-14-38-35)42-34(47)28-17-27(40-30-12-15-39-43(28)30)33(46)37-18-21-6-11-29-26(16-21)41-31(44)19-48-29/h6-8,11-12,15-17,25,38H,2-5,9-10,13-14,18-19H2,1H3,(H,36,45)(H,37,46)(H,41,44)(H,42,47)/t25-/m0/s1. The van der Waals surface area contributed by atoms with Gasteiger partial charge in [-0.25, -0.2) is 14.3 Å². The zero-order valence-corrected chi connectivity index (χ0v) is 27.3. The first-order valence-electron chi connectivity index (χ1n) is 16.1. The Morgan fingerprint density at radius 2 is 1.83 bits per heavy atom. The van der Waals surface area contributed by atoms with Gasteiger partial charge in [0.05, 0.1) is 17.9 Å². The average molecular weight is 673 g/mol. The van der Waals surface area contributed by atoms with Gasteiger partial charge in [-0.2, -0.15) is 5.10 Å². The SMILES string of the molecule is Cc1c(C(=O)NCCCCCCNCl)ccc2c1CC[C@@H]2NC(=O)c1cc(C(=O)NCc2ccc3c(c2)NC(=O)CO3)nc2ccnn12. The predicted molar refractivity (Wildman–Crippen MR) is 179 cm³/mol. The number of rotatable bonds is 13. The smallest absolute Gasteiger partial charge is 0.270 e. The maximum absolute atomic E-state index is 13.7. The van der Waals surface area contributed by atoms with Crippen LogP contribution >= 0.6 is 11.8 Å². The highest BCUT2D eigenvalue weighted by Crippen LogP contribution is 2.35. The zero-order valence-electron chi connectivity index (χ0n) is 26.5. The van der Waals surface area contributed by atoms with Crippen LogP contribution in [0.2, 0.25) is 0 Å². The van der Waals surface area contributed by atoms with Gasteiger partial charge in [-0.15, -0.1) is 0 Å². The van der Waals surface area contributed by atoms with Crippen molar-refractivity contribution in [2.75, 3.05) is 25.0 Å². The molecule has 13 nitrogen and oxygen atoms in total. The highest BCUT2D eigenvalue weighted by Gasteiger charge is 2.29. The van der Waals surface area contributed by atoms with Crippen LogP contribution in [0, 0.1) is 6.92 Å². The Kier molecular flexibility index (Phi) is 10.2. The molecule has 2 aromatic carbocycles. The lowest BCUT2D eigenvalue weighted by molar-refractivity contribution is -0.118. The first kappa shape index (κ1) is 32.9. The summed E-state index contributed by atoms with van der Waals surface area (Å²) in [5.74, 6) is -0.646. The van der Waals surface area contributed by atoms with E-state index in [-0.39, 0.29) is 42.4 Å². The number of hydrogen-bond donors (Lipinski definition) is 5. The van der Waals surface area contributed by atoms with Crippen molar-refractivity contribution in [3.63, 3.8) is 0 Å². The number of nitrogens with zero attached hydrogens (tertiary/aromatic N) is 3. The first-order chi connectivity index (χ1) is 23.3. The summed E-state index contributed by atoms with van der Waals surface area (Å²) in [5.41, 5.74) is 5.47. The maximum atomic E-state index is 13.7. The van der Waals surface area contributed by atoms with E-state index < -0.39 is 11.8 Å². The van der Waals surface area contributed by atoms with Gasteiger partial charge in [0.2, 0.25) is 0 Å². The van der Waals surface area contributed by atoms with Crippen molar-refractivity contribution >= 4 is 46.7 Å². The van der Waals surface area contributed by atoms with Gasteiger partial charge in [-0.3, -0.25) is 19.2 Å². The van der Waals surface area contributed by atoms with Crippen molar-refractivity contribution in [2.45, 2.75) is 58.0 Å². The van der Waals surface area contributed by atoms with Gasteiger partial charge in [-0.05, 0) is 84.8 Å². The zero-order chi connectivity index (χ0) is 33.6. The van der Waals surface area contributed by atoms with E-state index in [0.29, 0.717) is 35.6 Å². The van der Waals surface area contributed by atoms with Gasteiger partial charge in [0.25, 0.3) is 23.6 Å². The summed E-state index contributed by atoms with van der Waals surface area (Å²) in [6.07, 6.45) is 6.89. The molecule has 0 saturated carbocycles. The number of benzene rings is 2. The van der Waals surface area contributed by atoms with Crippen LogP contribution in [0.1, 0.15) is 91.7 Å². The molecule has 2 aromatic heterocycles. The number of hydrogen-bond acceptors (Lipinski definition) is 8. The fraction of sp³-hybridized carbons (Fsp3) is 0.353. The summed E-state index contributed by atoms with van der Waals surface area (Å²) in [6.45, 7) is 3.46. The molecular weight excluding hydrogens is 636 g/mol. The summed E-state index contributed by atoms with van der Waals surface area (Å²) in [6, 6.07) is 11.8. The predicted octanol–water partition coefficient (Wildman–Crippen LogP) is 3.75. The minimum absolute atomic E-state index is 0.0378. The molecule has 0 fully saturated rings. The lowest BCUT2D eigenvalue weighted by Gasteiger charge is -2.18. The molecule has 14 heteroatoms. The Balaban J connectivity index is 1.10. The molecule has 0 bridgehead atoms. The molecule has 4 amide bonds.